The smallest absolute Gasteiger partial charge is 0.336 e. The largest absolute Gasteiger partial charge is 0.481 e. The number of hydrogen-bond acceptors (Lipinski definition) is 4. The molecular weight excluding hydrogens is 236 g/mol. The van der Waals surface area contributed by atoms with Gasteiger partial charge in [0.2, 0.25) is 0 Å². The van der Waals surface area contributed by atoms with E-state index in [9.17, 15) is 9.59 Å². The molecule has 0 aromatic heterocycles. The summed E-state index contributed by atoms with van der Waals surface area (Å²) in [5, 5.41) is 8.64. The van der Waals surface area contributed by atoms with E-state index < -0.39 is 18.0 Å². The van der Waals surface area contributed by atoms with Gasteiger partial charge in [0.1, 0.15) is 6.10 Å². The van der Waals surface area contributed by atoms with E-state index in [1.54, 1.807) is 0 Å². The third-order valence-corrected chi connectivity index (χ3v) is 2.78. The molecule has 1 N–H and O–H groups in total. The summed E-state index contributed by atoms with van der Waals surface area (Å²) in [4.78, 5) is 22.3. The summed E-state index contributed by atoms with van der Waals surface area (Å²) < 4.78 is 10.1. The molecule has 0 aromatic rings. The molecule has 0 radical (unpaired) electrons. The van der Waals surface area contributed by atoms with Crippen LogP contribution < -0.4 is 0 Å². The molecule has 0 fully saturated rings. The van der Waals surface area contributed by atoms with E-state index in [4.69, 9.17) is 14.6 Å². The van der Waals surface area contributed by atoms with Crippen molar-refractivity contribution < 1.29 is 24.2 Å². The van der Waals surface area contributed by atoms with E-state index in [1.807, 2.05) is 6.92 Å². The molecule has 0 aliphatic heterocycles. The van der Waals surface area contributed by atoms with Crippen LogP contribution in [0.4, 0.5) is 0 Å². The molecule has 0 saturated carbocycles. The van der Waals surface area contributed by atoms with E-state index in [2.05, 4.69) is 6.92 Å². The Bertz CT molecular complexity index is 252. The molecule has 2 unspecified atom stereocenters. The average Bonchev–Trinajstić information content (AvgIpc) is 2.34. The maximum Gasteiger partial charge on any atom is 0.336 e. The van der Waals surface area contributed by atoms with E-state index in [0.29, 0.717) is 0 Å². The third kappa shape index (κ3) is 7.27. The van der Waals surface area contributed by atoms with Gasteiger partial charge in [-0.1, -0.05) is 26.7 Å². The highest BCUT2D eigenvalue weighted by Gasteiger charge is 2.25. The van der Waals surface area contributed by atoms with Gasteiger partial charge in [-0.25, -0.2) is 4.79 Å². The number of esters is 1. The maximum atomic E-state index is 11.7. The molecule has 5 nitrogen and oxygen atoms in total. The number of carbonyl (C=O) groups is 2. The Kier molecular flexibility index (Phi) is 9.28. The Balaban J connectivity index is 4.17. The molecule has 0 heterocycles. The van der Waals surface area contributed by atoms with Crippen molar-refractivity contribution in [3.63, 3.8) is 0 Å². The first-order valence-electron chi connectivity index (χ1n) is 6.50. The minimum absolute atomic E-state index is 0.143. The van der Waals surface area contributed by atoms with Crippen LogP contribution in [0.2, 0.25) is 0 Å². The summed E-state index contributed by atoms with van der Waals surface area (Å²) >= 11 is 0. The predicted octanol–water partition coefficient (Wildman–Crippen LogP) is 2.38. The van der Waals surface area contributed by atoms with Crippen LogP contribution in [-0.2, 0) is 19.1 Å². The first-order chi connectivity index (χ1) is 8.54. The van der Waals surface area contributed by atoms with Gasteiger partial charge in [0, 0.05) is 7.11 Å². The second-order valence-electron chi connectivity index (χ2n) is 4.29. The minimum Gasteiger partial charge on any atom is -0.481 e. The molecule has 0 saturated heterocycles. The Morgan fingerprint density at radius 3 is 2.33 bits per heavy atom. The van der Waals surface area contributed by atoms with Gasteiger partial charge in [0.25, 0.3) is 0 Å². The summed E-state index contributed by atoms with van der Waals surface area (Å²) in [7, 11) is 1.31. The van der Waals surface area contributed by atoms with Crippen molar-refractivity contribution in [2.24, 2.45) is 0 Å². The highest BCUT2D eigenvalue weighted by molar-refractivity contribution is 5.81. The summed E-state index contributed by atoms with van der Waals surface area (Å²) in [6, 6.07) is 0. The summed E-state index contributed by atoms with van der Waals surface area (Å²) in [6.07, 6.45) is 3.28. The molecule has 18 heavy (non-hydrogen) atoms. The molecule has 0 aliphatic rings. The standard InChI is InChI=1S/C13H24O5/c1-4-6-7-8-10(5-2)18-13(16)11(17-3)9-12(14)15/h10-11H,4-9H2,1-3H3,(H,14,15). The summed E-state index contributed by atoms with van der Waals surface area (Å²) in [5.41, 5.74) is 0. The topological polar surface area (TPSA) is 72.8 Å². The molecule has 106 valence electrons. The van der Waals surface area contributed by atoms with Gasteiger partial charge >= 0.3 is 11.9 Å². The van der Waals surface area contributed by atoms with Gasteiger partial charge in [-0.05, 0) is 19.3 Å². The zero-order valence-corrected chi connectivity index (χ0v) is 11.5. The van der Waals surface area contributed by atoms with Crippen LogP contribution in [0, 0.1) is 0 Å². The quantitative estimate of drug-likeness (QED) is 0.482. The zero-order chi connectivity index (χ0) is 14.0. The van der Waals surface area contributed by atoms with Crippen LogP contribution in [0.25, 0.3) is 0 Å². The molecule has 2 atom stereocenters. The van der Waals surface area contributed by atoms with Crippen molar-refractivity contribution in [3.8, 4) is 0 Å². The first kappa shape index (κ1) is 16.9. The lowest BCUT2D eigenvalue weighted by Gasteiger charge is -2.19. The normalized spacial score (nSPS) is 13.9. The van der Waals surface area contributed by atoms with Crippen molar-refractivity contribution in [2.75, 3.05) is 7.11 Å². The van der Waals surface area contributed by atoms with Crippen LogP contribution in [0.15, 0.2) is 0 Å². The van der Waals surface area contributed by atoms with E-state index in [1.165, 1.54) is 7.11 Å². The zero-order valence-electron chi connectivity index (χ0n) is 11.5. The van der Waals surface area contributed by atoms with Crippen molar-refractivity contribution in [1.29, 1.82) is 0 Å². The fourth-order valence-corrected chi connectivity index (χ4v) is 1.63. The second kappa shape index (κ2) is 9.88. The Labute approximate surface area is 108 Å². The van der Waals surface area contributed by atoms with Gasteiger partial charge < -0.3 is 14.6 Å². The fourth-order valence-electron chi connectivity index (χ4n) is 1.63. The number of hydrogen-bond donors (Lipinski definition) is 1. The number of methoxy groups -OCH3 is 1. The van der Waals surface area contributed by atoms with E-state index >= 15 is 0 Å². The highest BCUT2D eigenvalue weighted by atomic mass is 16.6. The average molecular weight is 260 g/mol. The fraction of sp³-hybridized carbons (Fsp3) is 0.846. The van der Waals surface area contributed by atoms with Crippen LogP contribution >= 0.6 is 0 Å². The van der Waals surface area contributed by atoms with Crippen molar-refractivity contribution in [2.45, 2.75) is 64.6 Å². The van der Waals surface area contributed by atoms with Crippen molar-refractivity contribution in [1.82, 2.24) is 0 Å². The molecule has 0 amide bonds. The van der Waals surface area contributed by atoms with Crippen molar-refractivity contribution in [3.05, 3.63) is 0 Å². The molecule has 5 heteroatoms. The molecule has 0 bridgehead atoms. The lowest BCUT2D eigenvalue weighted by atomic mass is 10.1. The first-order valence-corrected chi connectivity index (χ1v) is 6.50. The van der Waals surface area contributed by atoms with Gasteiger partial charge in [-0.15, -0.1) is 0 Å². The minimum atomic E-state index is -1.07. The van der Waals surface area contributed by atoms with Crippen molar-refractivity contribution >= 4 is 11.9 Å². The lowest BCUT2D eigenvalue weighted by molar-refractivity contribution is -0.165. The summed E-state index contributed by atoms with van der Waals surface area (Å²) in [5.74, 6) is -1.65. The Hall–Kier alpha value is -1.10. The molecule has 0 aliphatic carbocycles. The molecule has 0 spiro atoms. The maximum absolute atomic E-state index is 11.7. The van der Waals surface area contributed by atoms with Crippen LogP contribution in [0.1, 0.15) is 52.4 Å². The predicted molar refractivity (Wildman–Crippen MR) is 67.4 cm³/mol. The number of unbranched alkanes of at least 4 members (excludes halogenated alkanes) is 2. The van der Waals surface area contributed by atoms with Gasteiger partial charge in [-0.3, -0.25) is 4.79 Å². The van der Waals surface area contributed by atoms with Crippen LogP contribution in [0.3, 0.4) is 0 Å². The summed E-state index contributed by atoms with van der Waals surface area (Å²) in [6.45, 7) is 4.06. The number of carbonyl (C=O) groups excluding carboxylic acids is 1. The van der Waals surface area contributed by atoms with Gasteiger partial charge in [0.05, 0.1) is 6.42 Å². The SMILES string of the molecule is CCCCCC(CC)OC(=O)C(CC(=O)O)OC. The number of ether oxygens (including phenoxy) is 2. The molecule has 0 rings (SSSR count). The third-order valence-electron chi connectivity index (χ3n) is 2.78. The van der Waals surface area contributed by atoms with Crippen LogP contribution in [0.5, 0.6) is 0 Å². The number of carboxylic acid groups (broad SMARTS) is 1. The highest BCUT2D eigenvalue weighted by Crippen LogP contribution is 2.12. The Morgan fingerprint density at radius 2 is 1.89 bits per heavy atom. The van der Waals surface area contributed by atoms with Gasteiger partial charge in [0.15, 0.2) is 6.10 Å². The van der Waals surface area contributed by atoms with Gasteiger partial charge in [-0.2, -0.15) is 0 Å². The number of aliphatic carboxylic acids is 1. The van der Waals surface area contributed by atoms with E-state index in [0.717, 1.165) is 32.1 Å². The van der Waals surface area contributed by atoms with E-state index in [-0.39, 0.29) is 12.5 Å². The number of rotatable bonds is 10. The molecule has 0 aromatic carbocycles. The monoisotopic (exact) mass is 260 g/mol. The second-order valence-corrected chi connectivity index (χ2v) is 4.29. The number of carboxylic acids is 1. The molecular formula is C13H24O5. The van der Waals surface area contributed by atoms with Crippen LogP contribution in [-0.4, -0.2) is 36.4 Å². The lowest BCUT2D eigenvalue weighted by Crippen LogP contribution is -2.31. The Morgan fingerprint density at radius 1 is 1.22 bits per heavy atom.